The molecule has 1 fully saturated rings. The lowest BCUT2D eigenvalue weighted by molar-refractivity contribution is -0.167. The number of hydrogen-bond donors (Lipinski definition) is 1. The van der Waals surface area contributed by atoms with Crippen LogP contribution in [0.25, 0.3) is 0 Å². The lowest BCUT2D eigenvalue weighted by atomic mass is 9.98. The van der Waals surface area contributed by atoms with Crippen LogP contribution in [0.1, 0.15) is 48.4 Å². The van der Waals surface area contributed by atoms with Crippen molar-refractivity contribution in [1.29, 1.82) is 0 Å². The number of aliphatic hydroxyl groups excluding tert-OH is 1. The van der Waals surface area contributed by atoms with Gasteiger partial charge in [-0.15, -0.1) is 0 Å². The molecular formula is C28H32N2O8S. The fourth-order valence-electron chi connectivity index (χ4n) is 4.06. The molecule has 5 atom stereocenters. The molecule has 0 bridgehead atoms. The quantitative estimate of drug-likeness (QED) is 0.417. The molecule has 4 rings (SSSR count). The van der Waals surface area contributed by atoms with Gasteiger partial charge >= 0.3 is 18.0 Å². The highest BCUT2D eigenvalue weighted by Gasteiger charge is 2.52. The van der Waals surface area contributed by atoms with E-state index in [-0.39, 0.29) is 13.2 Å². The van der Waals surface area contributed by atoms with Gasteiger partial charge in [-0.1, -0.05) is 48.2 Å². The first-order valence-corrected chi connectivity index (χ1v) is 13.5. The van der Waals surface area contributed by atoms with Crippen molar-refractivity contribution in [3.05, 3.63) is 71.8 Å². The molecule has 39 heavy (non-hydrogen) atoms. The predicted molar refractivity (Wildman–Crippen MR) is 144 cm³/mol. The summed E-state index contributed by atoms with van der Waals surface area (Å²) in [5.41, 5.74) is -0.777. The van der Waals surface area contributed by atoms with Crippen LogP contribution in [0.15, 0.2) is 65.7 Å². The molecule has 10 nitrogen and oxygen atoms in total. The van der Waals surface area contributed by atoms with Crippen LogP contribution in [0.2, 0.25) is 0 Å². The minimum absolute atomic E-state index is 0.278. The second-order valence-electron chi connectivity index (χ2n) is 9.98. The number of esters is 2. The van der Waals surface area contributed by atoms with E-state index in [0.29, 0.717) is 16.3 Å². The molecule has 11 heteroatoms. The molecule has 0 saturated carbocycles. The molecule has 2 aromatic rings. The molecule has 2 heterocycles. The average molecular weight is 557 g/mol. The summed E-state index contributed by atoms with van der Waals surface area (Å²) in [5.74, 6) is -1.25. The van der Waals surface area contributed by atoms with Gasteiger partial charge in [-0.05, 0) is 52.0 Å². The number of amidine groups is 1. The van der Waals surface area contributed by atoms with E-state index < -0.39 is 53.4 Å². The number of rotatable bonds is 6. The van der Waals surface area contributed by atoms with Crippen LogP contribution in [0.3, 0.4) is 0 Å². The number of aliphatic hydroxyl groups is 1. The molecular weight excluding hydrogens is 524 g/mol. The van der Waals surface area contributed by atoms with Gasteiger partial charge < -0.3 is 24.1 Å². The topological polar surface area (TPSA) is 124 Å². The Morgan fingerprint density at radius 3 is 2.15 bits per heavy atom. The second kappa shape index (κ2) is 12.2. The molecule has 1 N–H and O–H groups in total. The van der Waals surface area contributed by atoms with Gasteiger partial charge in [0.25, 0.3) is 0 Å². The van der Waals surface area contributed by atoms with Gasteiger partial charge in [0.15, 0.2) is 11.3 Å². The van der Waals surface area contributed by atoms with Gasteiger partial charge in [0.05, 0.1) is 11.1 Å². The number of amides is 1. The summed E-state index contributed by atoms with van der Waals surface area (Å²) in [4.78, 5) is 44.2. The maximum Gasteiger partial charge on any atom is 0.416 e. The fraction of sp³-hybridized carbons (Fsp3) is 0.429. The zero-order valence-corrected chi connectivity index (χ0v) is 23.0. The third kappa shape index (κ3) is 6.97. The Balaban J connectivity index is 1.54. The van der Waals surface area contributed by atoms with Crippen molar-refractivity contribution in [2.45, 2.75) is 63.1 Å². The summed E-state index contributed by atoms with van der Waals surface area (Å²) in [7, 11) is 0. The normalized spacial score (nSPS) is 24.2. The minimum Gasteiger partial charge on any atom is -0.459 e. The summed E-state index contributed by atoms with van der Waals surface area (Å²) in [6.07, 6.45) is -4.05. The van der Waals surface area contributed by atoms with Crippen LogP contribution >= 0.6 is 11.8 Å². The number of benzene rings is 2. The number of carbonyl (C=O) groups is 3. The molecule has 2 aliphatic heterocycles. The van der Waals surface area contributed by atoms with E-state index in [0.717, 1.165) is 11.8 Å². The smallest absolute Gasteiger partial charge is 0.416 e. The molecule has 0 unspecified atom stereocenters. The highest BCUT2D eigenvalue weighted by molar-refractivity contribution is 8.14. The lowest BCUT2D eigenvalue weighted by Crippen LogP contribution is -2.57. The highest BCUT2D eigenvalue weighted by Crippen LogP contribution is 2.39. The Morgan fingerprint density at radius 2 is 1.59 bits per heavy atom. The molecule has 0 radical (unpaired) electrons. The van der Waals surface area contributed by atoms with Gasteiger partial charge in [-0.3, -0.25) is 9.89 Å². The number of ether oxygens (including phenoxy) is 4. The Hall–Kier alpha value is -3.41. The van der Waals surface area contributed by atoms with Crippen molar-refractivity contribution < 1.29 is 38.4 Å². The van der Waals surface area contributed by atoms with Gasteiger partial charge in [-0.2, -0.15) is 0 Å². The first-order chi connectivity index (χ1) is 18.6. The predicted octanol–water partition coefficient (Wildman–Crippen LogP) is 3.88. The third-order valence-electron chi connectivity index (χ3n) is 5.92. The summed E-state index contributed by atoms with van der Waals surface area (Å²) < 4.78 is 22.8. The van der Waals surface area contributed by atoms with Crippen molar-refractivity contribution in [2.75, 3.05) is 13.2 Å². The summed E-state index contributed by atoms with van der Waals surface area (Å²) in [5, 5.41) is 11.6. The van der Waals surface area contributed by atoms with Crippen molar-refractivity contribution in [3.8, 4) is 0 Å². The molecule has 2 aliphatic rings. The summed E-state index contributed by atoms with van der Waals surface area (Å²) in [6.45, 7) is 7.08. The maximum absolute atomic E-state index is 12.9. The monoisotopic (exact) mass is 556 g/mol. The average Bonchev–Trinajstić information content (AvgIpc) is 3.33. The molecule has 0 aliphatic carbocycles. The van der Waals surface area contributed by atoms with Crippen LogP contribution in [0, 0.1) is 0 Å². The molecule has 0 spiro atoms. The van der Waals surface area contributed by atoms with Gasteiger partial charge in [0.2, 0.25) is 0 Å². The van der Waals surface area contributed by atoms with Crippen LogP contribution in [0.4, 0.5) is 4.79 Å². The first-order valence-electron chi connectivity index (χ1n) is 12.6. The van der Waals surface area contributed by atoms with Gasteiger partial charge in [-0.25, -0.2) is 14.4 Å². The van der Waals surface area contributed by atoms with Crippen LogP contribution in [-0.2, 0) is 18.9 Å². The fourth-order valence-corrected chi connectivity index (χ4v) is 5.34. The largest absolute Gasteiger partial charge is 0.459 e. The van der Waals surface area contributed by atoms with E-state index in [1.165, 1.54) is 4.90 Å². The first kappa shape index (κ1) is 28.6. The number of carbonyl (C=O) groups excluding carboxylic acids is 3. The number of aliphatic imine (C=N–C) groups is 1. The number of thioether (sulfide) groups is 1. The Bertz CT molecular complexity index is 1200. The van der Waals surface area contributed by atoms with Crippen molar-refractivity contribution in [1.82, 2.24) is 4.90 Å². The molecule has 2 aromatic carbocycles. The van der Waals surface area contributed by atoms with E-state index in [9.17, 15) is 19.5 Å². The number of hydrogen-bond acceptors (Lipinski definition) is 10. The SMILES string of the molecule is CCN(C(=O)OC(C)(C)C)C1=N[C@@H]2[C@H](O)[C@H](OC(=O)c3ccccc3)[C@@H](COC(=O)c3ccccc3)O[C@@H]2S1. The summed E-state index contributed by atoms with van der Waals surface area (Å²) in [6, 6.07) is 15.9. The van der Waals surface area contributed by atoms with Crippen LogP contribution in [0.5, 0.6) is 0 Å². The van der Waals surface area contributed by atoms with E-state index in [1.807, 2.05) is 0 Å². The molecule has 208 valence electrons. The van der Waals surface area contributed by atoms with E-state index in [4.69, 9.17) is 18.9 Å². The number of nitrogens with zero attached hydrogens (tertiary/aromatic N) is 2. The van der Waals surface area contributed by atoms with Crippen molar-refractivity contribution in [2.24, 2.45) is 4.99 Å². The second-order valence-corrected chi connectivity index (χ2v) is 11.0. The molecule has 1 saturated heterocycles. The van der Waals surface area contributed by atoms with Gasteiger partial charge in [0, 0.05) is 6.54 Å². The van der Waals surface area contributed by atoms with E-state index >= 15 is 0 Å². The number of fused-ring (bicyclic) bond motifs is 1. The van der Waals surface area contributed by atoms with Crippen molar-refractivity contribution in [3.63, 3.8) is 0 Å². The Morgan fingerprint density at radius 1 is 1.00 bits per heavy atom. The minimum atomic E-state index is -1.29. The molecule has 0 aromatic heterocycles. The van der Waals surface area contributed by atoms with Gasteiger partial charge in [0.1, 0.15) is 35.9 Å². The van der Waals surface area contributed by atoms with E-state index in [2.05, 4.69) is 4.99 Å². The van der Waals surface area contributed by atoms with Crippen LogP contribution in [-0.4, -0.2) is 81.7 Å². The lowest BCUT2D eigenvalue weighted by Gasteiger charge is -2.39. The Labute approximate surface area is 231 Å². The van der Waals surface area contributed by atoms with Crippen LogP contribution < -0.4 is 0 Å². The summed E-state index contributed by atoms with van der Waals surface area (Å²) >= 11 is 1.15. The standard InChI is InChI=1S/C28H32N2O8S/c1-5-30(27(34)38-28(2,3)4)26-29-20-21(31)22(37-24(33)18-14-10-7-11-15-18)19(36-25(20)39-26)16-35-23(32)17-12-8-6-9-13-17/h6-15,19-22,25,31H,5,16H2,1-4H3/t19-,20-,21+,22-,25-/m1/s1. The highest BCUT2D eigenvalue weighted by atomic mass is 32.2. The van der Waals surface area contributed by atoms with Crippen molar-refractivity contribution >= 4 is 35.0 Å². The van der Waals surface area contributed by atoms with E-state index in [1.54, 1.807) is 88.4 Å². The Kier molecular flexibility index (Phi) is 8.94. The maximum atomic E-state index is 12.9. The zero-order chi connectivity index (χ0) is 28.2. The molecule has 1 amide bonds. The zero-order valence-electron chi connectivity index (χ0n) is 22.2. The third-order valence-corrected chi connectivity index (χ3v) is 7.08.